The lowest BCUT2D eigenvalue weighted by atomic mass is 9.68. The largest absolute Gasteiger partial charge is 0.497 e. The van der Waals surface area contributed by atoms with E-state index in [2.05, 4.69) is 39.0 Å². The molecule has 32 heavy (non-hydrogen) atoms. The van der Waals surface area contributed by atoms with Crippen LogP contribution in [0.1, 0.15) is 56.1 Å². The summed E-state index contributed by atoms with van der Waals surface area (Å²) >= 11 is 0. The highest BCUT2D eigenvalue weighted by Crippen LogP contribution is 2.43. The number of carbonyl (C=O) groups excluding carboxylic acids is 1. The van der Waals surface area contributed by atoms with Crippen LogP contribution in [0.25, 0.3) is 0 Å². The summed E-state index contributed by atoms with van der Waals surface area (Å²) in [6.07, 6.45) is 11.9. The van der Waals surface area contributed by atoms with Crippen LogP contribution < -0.4 is 4.74 Å². The van der Waals surface area contributed by atoms with E-state index in [1.165, 1.54) is 24.8 Å². The van der Waals surface area contributed by atoms with Gasteiger partial charge in [0.2, 0.25) is 5.91 Å². The summed E-state index contributed by atoms with van der Waals surface area (Å²) in [4.78, 5) is 22.8. The van der Waals surface area contributed by atoms with Gasteiger partial charge >= 0.3 is 0 Å². The van der Waals surface area contributed by atoms with E-state index in [1.807, 2.05) is 24.5 Å². The molecule has 3 aliphatic rings. The number of nitrogens with zero attached hydrogens (tertiary/aromatic N) is 3. The Labute approximate surface area is 191 Å². The van der Waals surface area contributed by atoms with Crippen LogP contribution in [-0.4, -0.2) is 53.5 Å². The van der Waals surface area contributed by atoms with Gasteiger partial charge in [0, 0.05) is 44.6 Å². The van der Waals surface area contributed by atoms with Crippen molar-refractivity contribution in [2.45, 2.75) is 62.9 Å². The predicted molar refractivity (Wildman–Crippen MR) is 125 cm³/mol. The Balaban J connectivity index is 1.29. The molecule has 0 atom stereocenters. The molecule has 1 aromatic heterocycles. The Bertz CT molecular complexity index is 898. The summed E-state index contributed by atoms with van der Waals surface area (Å²) in [5.74, 6) is 2.03. The normalized spacial score (nSPS) is 20.8. The van der Waals surface area contributed by atoms with Crippen molar-refractivity contribution in [1.29, 1.82) is 0 Å². The van der Waals surface area contributed by atoms with E-state index in [9.17, 15) is 4.79 Å². The van der Waals surface area contributed by atoms with Gasteiger partial charge in [-0.3, -0.25) is 14.7 Å². The highest BCUT2D eigenvalue weighted by Gasteiger charge is 2.47. The van der Waals surface area contributed by atoms with Crippen molar-refractivity contribution in [3.8, 4) is 5.75 Å². The van der Waals surface area contributed by atoms with Crippen LogP contribution in [0, 0.1) is 5.92 Å². The van der Waals surface area contributed by atoms with Crippen LogP contribution in [0.4, 0.5) is 0 Å². The number of rotatable bonds is 8. The fourth-order valence-electron chi connectivity index (χ4n) is 5.54. The first-order valence-electron chi connectivity index (χ1n) is 12.2. The molecule has 2 aromatic rings. The zero-order chi connectivity index (χ0) is 22.0. The predicted octanol–water partition coefficient (Wildman–Crippen LogP) is 4.42. The van der Waals surface area contributed by atoms with Gasteiger partial charge in [0.25, 0.3) is 0 Å². The summed E-state index contributed by atoms with van der Waals surface area (Å²) in [6.45, 7) is 3.82. The standard InChI is InChI=1S/C27H35N3O2/c1-32-25-9-7-23(8-10-25)27(13-3-2-4-14-27)26(31)30-19-24(20-30)29(17-21-5-6-21)18-22-11-15-28-16-12-22/h7-12,15-16,21,24H,2-6,13-14,17-20H2,1H3. The molecule has 0 N–H and O–H groups in total. The van der Waals surface area contributed by atoms with Crippen molar-refractivity contribution in [2.24, 2.45) is 5.92 Å². The van der Waals surface area contributed by atoms with Crippen LogP contribution in [-0.2, 0) is 16.8 Å². The second-order valence-electron chi connectivity index (χ2n) is 9.96. The van der Waals surface area contributed by atoms with Gasteiger partial charge in [0.05, 0.1) is 12.5 Å². The van der Waals surface area contributed by atoms with Gasteiger partial charge in [-0.2, -0.15) is 0 Å². The van der Waals surface area contributed by atoms with Crippen LogP contribution in [0.3, 0.4) is 0 Å². The van der Waals surface area contributed by atoms with E-state index in [1.54, 1.807) is 7.11 Å². The maximum Gasteiger partial charge on any atom is 0.233 e. The third-order valence-corrected chi connectivity index (χ3v) is 7.75. The summed E-state index contributed by atoms with van der Waals surface area (Å²) in [5, 5.41) is 0. The highest BCUT2D eigenvalue weighted by atomic mass is 16.5. The number of hydrogen-bond donors (Lipinski definition) is 0. The minimum Gasteiger partial charge on any atom is -0.497 e. The highest BCUT2D eigenvalue weighted by molar-refractivity contribution is 5.89. The second kappa shape index (κ2) is 9.22. The molecule has 1 aromatic carbocycles. The lowest BCUT2D eigenvalue weighted by Crippen LogP contribution is -2.64. The van der Waals surface area contributed by atoms with Gasteiger partial charge in [-0.15, -0.1) is 0 Å². The lowest BCUT2D eigenvalue weighted by molar-refractivity contribution is -0.147. The molecule has 0 spiro atoms. The van der Waals surface area contributed by atoms with Gasteiger partial charge in [-0.1, -0.05) is 31.4 Å². The number of ether oxygens (including phenoxy) is 1. The van der Waals surface area contributed by atoms with Crippen molar-refractivity contribution >= 4 is 5.91 Å². The quantitative estimate of drug-likeness (QED) is 0.618. The number of hydrogen-bond acceptors (Lipinski definition) is 4. The van der Waals surface area contributed by atoms with Crippen LogP contribution in [0.15, 0.2) is 48.8 Å². The van der Waals surface area contributed by atoms with E-state index in [-0.39, 0.29) is 5.41 Å². The van der Waals surface area contributed by atoms with Gasteiger partial charge in [-0.25, -0.2) is 0 Å². The van der Waals surface area contributed by atoms with Crippen LogP contribution in [0.2, 0.25) is 0 Å². The zero-order valence-corrected chi connectivity index (χ0v) is 19.2. The van der Waals surface area contributed by atoms with Crippen molar-refractivity contribution in [2.75, 3.05) is 26.7 Å². The molecule has 0 radical (unpaired) electrons. The average Bonchev–Trinajstić information content (AvgIpc) is 3.63. The van der Waals surface area contributed by atoms with Gasteiger partial charge in [0.1, 0.15) is 5.75 Å². The molecule has 5 nitrogen and oxygen atoms in total. The van der Waals surface area contributed by atoms with Crippen LogP contribution >= 0.6 is 0 Å². The molecule has 3 fully saturated rings. The average molecular weight is 434 g/mol. The molecule has 0 unspecified atom stereocenters. The van der Waals surface area contributed by atoms with Crippen LogP contribution in [0.5, 0.6) is 5.75 Å². The molecule has 2 heterocycles. The fourth-order valence-corrected chi connectivity index (χ4v) is 5.54. The molecular weight excluding hydrogens is 398 g/mol. The van der Waals surface area contributed by atoms with Gasteiger partial charge in [-0.05, 0) is 67.0 Å². The third kappa shape index (κ3) is 4.40. The lowest BCUT2D eigenvalue weighted by Gasteiger charge is -2.50. The van der Waals surface area contributed by atoms with Crippen molar-refractivity contribution < 1.29 is 9.53 Å². The molecule has 5 rings (SSSR count). The second-order valence-corrected chi connectivity index (χ2v) is 9.96. The molecular formula is C27H35N3O2. The molecule has 170 valence electrons. The van der Waals surface area contributed by atoms with E-state index in [0.29, 0.717) is 11.9 Å². The number of amides is 1. The van der Waals surface area contributed by atoms with Crippen molar-refractivity contribution in [3.63, 3.8) is 0 Å². The Kier molecular flexibility index (Phi) is 6.18. The minimum absolute atomic E-state index is 0.342. The smallest absolute Gasteiger partial charge is 0.233 e. The zero-order valence-electron chi connectivity index (χ0n) is 19.2. The molecule has 1 amide bonds. The molecule has 0 bridgehead atoms. The number of carbonyl (C=O) groups is 1. The Morgan fingerprint density at radius 1 is 1.06 bits per heavy atom. The summed E-state index contributed by atoms with van der Waals surface area (Å²) in [7, 11) is 1.69. The van der Waals surface area contributed by atoms with Crippen molar-refractivity contribution in [3.05, 3.63) is 59.9 Å². The first kappa shape index (κ1) is 21.4. The number of methoxy groups -OCH3 is 1. The van der Waals surface area contributed by atoms with Crippen molar-refractivity contribution in [1.82, 2.24) is 14.8 Å². The summed E-state index contributed by atoms with van der Waals surface area (Å²) < 4.78 is 5.35. The molecule has 2 aliphatic carbocycles. The number of pyridine rings is 1. The monoisotopic (exact) mass is 433 g/mol. The minimum atomic E-state index is -0.359. The van der Waals surface area contributed by atoms with Gasteiger partial charge in [0.15, 0.2) is 0 Å². The number of benzene rings is 1. The maximum atomic E-state index is 13.9. The topological polar surface area (TPSA) is 45.7 Å². The third-order valence-electron chi connectivity index (χ3n) is 7.75. The maximum absolute atomic E-state index is 13.9. The first-order valence-corrected chi connectivity index (χ1v) is 12.2. The summed E-state index contributed by atoms with van der Waals surface area (Å²) in [6, 6.07) is 12.9. The fraction of sp³-hybridized carbons (Fsp3) is 0.556. The summed E-state index contributed by atoms with van der Waals surface area (Å²) in [5.41, 5.74) is 2.12. The first-order chi connectivity index (χ1) is 15.7. The molecule has 1 saturated heterocycles. The molecule has 1 aliphatic heterocycles. The SMILES string of the molecule is COc1ccc(C2(C(=O)N3CC(N(Cc4ccncc4)CC4CC4)C3)CCCCC2)cc1. The van der Waals surface area contributed by atoms with E-state index in [0.717, 1.165) is 69.1 Å². The molecule has 2 saturated carbocycles. The van der Waals surface area contributed by atoms with E-state index < -0.39 is 0 Å². The Hall–Kier alpha value is -2.40. The Morgan fingerprint density at radius 3 is 2.38 bits per heavy atom. The Morgan fingerprint density at radius 2 is 1.75 bits per heavy atom. The molecule has 5 heteroatoms. The number of aromatic nitrogens is 1. The number of likely N-dealkylation sites (tertiary alicyclic amines) is 1. The van der Waals surface area contributed by atoms with Gasteiger partial charge < -0.3 is 9.64 Å². The van der Waals surface area contributed by atoms with E-state index in [4.69, 9.17) is 4.74 Å². The van der Waals surface area contributed by atoms with E-state index >= 15 is 0 Å².